The third kappa shape index (κ3) is 5.87. The first-order chi connectivity index (χ1) is 8.84. The number of nitrogens with one attached hydrogen (secondary N) is 2. The van der Waals surface area contributed by atoms with Crippen molar-refractivity contribution in [1.29, 1.82) is 10.8 Å². The number of ether oxygens (including phenoxy) is 2. The molecular formula is C12H20N2O4S. The Morgan fingerprint density at radius 1 is 0.947 bits per heavy atom. The summed E-state index contributed by atoms with van der Waals surface area (Å²) in [6, 6.07) is 0. The Morgan fingerprint density at radius 3 is 1.47 bits per heavy atom. The number of carbonyl (C=O) groups is 2. The van der Waals surface area contributed by atoms with E-state index in [9.17, 15) is 9.59 Å². The summed E-state index contributed by atoms with van der Waals surface area (Å²) in [5, 5.41) is 13.4. The largest absolute Gasteiger partial charge is 0.465 e. The molecule has 0 aliphatic heterocycles. The summed E-state index contributed by atoms with van der Waals surface area (Å²) in [5.74, 6) is -1.15. The zero-order chi connectivity index (χ0) is 15.0. The van der Waals surface area contributed by atoms with Crippen LogP contribution in [-0.2, 0) is 19.1 Å². The van der Waals surface area contributed by atoms with Gasteiger partial charge in [0.15, 0.2) is 0 Å². The maximum atomic E-state index is 11.7. The van der Waals surface area contributed by atoms with Crippen LogP contribution in [0.2, 0.25) is 0 Å². The van der Waals surface area contributed by atoms with Crippen LogP contribution >= 0.6 is 11.8 Å². The van der Waals surface area contributed by atoms with E-state index in [1.165, 1.54) is 13.8 Å². The van der Waals surface area contributed by atoms with Crippen LogP contribution in [0, 0.1) is 10.8 Å². The first-order valence-electron chi connectivity index (χ1n) is 5.93. The van der Waals surface area contributed by atoms with Crippen LogP contribution in [-0.4, -0.2) is 47.1 Å². The van der Waals surface area contributed by atoms with Gasteiger partial charge >= 0.3 is 11.9 Å². The maximum absolute atomic E-state index is 11.7. The first-order valence-corrected chi connectivity index (χ1v) is 6.88. The van der Waals surface area contributed by atoms with Gasteiger partial charge in [0.25, 0.3) is 0 Å². The summed E-state index contributed by atoms with van der Waals surface area (Å²) in [6.45, 7) is 6.69. The molecule has 0 saturated carbocycles. The highest BCUT2D eigenvalue weighted by atomic mass is 32.2. The van der Waals surface area contributed by atoms with Gasteiger partial charge in [-0.1, -0.05) is 0 Å². The Balaban J connectivity index is 4.95. The average molecular weight is 288 g/mol. The minimum Gasteiger partial charge on any atom is -0.465 e. The van der Waals surface area contributed by atoms with Crippen molar-refractivity contribution >= 4 is 35.1 Å². The molecule has 0 aliphatic rings. The van der Waals surface area contributed by atoms with E-state index in [0.29, 0.717) is 0 Å². The summed E-state index contributed by atoms with van der Waals surface area (Å²) >= 11 is 0.904. The lowest BCUT2D eigenvalue weighted by Crippen LogP contribution is -2.35. The molecule has 0 amide bonds. The molecule has 19 heavy (non-hydrogen) atoms. The predicted octanol–water partition coefficient (Wildman–Crippen LogP) is 1.66. The van der Waals surface area contributed by atoms with Crippen molar-refractivity contribution in [3.63, 3.8) is 0 Å². The van der Waals surface area contributed by atoms with E-state index in [4.69, 9.17) is 20.3 Å². The predicted molar refractivity (Wildman–Crippen MR) is 75.2 cm³/mol. The summed E-state index contributed by atoms with van der Waals surface area (Å²) in [6.07, 6.45) is 0. The Morgan fingerprint density at radius 2 is 1.26 bits per heavy atom. The fourth-order valence-corrected chi connectivity index (χ4v) is 2.28. The smallest absolute Gasteiger partial charge is 0.324 e. The van der Waals surface area contributed by atoms with Crippen LogP contribution in [0.5, 0.6) is 0 Å². The fraction of sp³-hybridized carbons (Fsp3) is 0.667. The minimum atomic E-state index is -0.894. The van der Waals surface area contributed by atoms with E-state index in [1.54, 1.807) is 13.8 Å². The quantitative estimate of drug-likeness (QED) is 0.522. The molecule has 0 aliphatic carbocycles. The Kier molecular flexibility index (Phi) is 8.06. The molecule has 0 heterocycles. The molecule has 0 aromatic rings. The zero-order valence-corrected chi connectivity index (χ0v) is 12.4. The molecule has 0 radical (unpaired) electrons. The van der Waals surface area contributed by atoms with E-state index in [-0.39, 0.29) is 24.6 Å². The first kappa shape index (κ1) is 17.6. The lowest BCUT2D eigenvalue weighted by atomic mass is 10.3. The second kappa shape index (κ2) is 8.68. The minimum absolute atomic E-state index is 0.0824. The van der Waals surface area contributed by atoms with Crippen molar-refractivity contribution in [2.45, 2.75) is 38.2 Å². The molecule has 2 N–H and O–H groups in total. The lowest BCUT2D eigenvalue weighted by Gasteiger charge is -2.19. The molecule has 6 nitrogen and oxygen atoms in total. The summed E-state index contributed by atoms with van der Waals surface area (Å²) in [4.78, 5) is 23.4. The van der Waals surface area contributed by atoms with Crippen LogP contribution in [0.25, 0.3) is 0 Å². The highest BCUT2D eigenvalue weighted by molar-refractivity contribution is 8.03. The van der Waals surface area contributed by atoms with Crippen molar-refractivity contribution in [3.8, 4) is 0 Å². The van der Waals surface area contributed by atoms with Crippen LogP contribution in [0.3, 0.4) is 0 Å². The third-order valence-electron chi connectivity index (χ3n) is 2.06. The number of rotatable bonds is 8. The number of esters is 2. The zero-order valence-electron chi connectivity index (χ0n) is 11.6. The second-order valence-electron chi connectivity index (χ2n) is 3.77. The monoisotopic (exact) mass is 288 g/mol. The van der Waals surface area contributed by atoms with Crippen LogP contribution in [0.15, 0.2) is 0 Å². The van der Waals surface area contributed by atoms with E-state index < -0.39 is 22.4 Å². The molecule has 0 aromatic heterocycles. The lowest BCUT2D eigenvalue weighted by molar-refractivity contribution is -0.141. The van der Waals surface area contributed by atoms with Gasteiger partial charge in [-0.15, -0.1) is 11.8 Å². The van der Waals surface area contributed by atoms with Crippen molar-refractivity contribution in [2.75, 3.05) is 13.2 Å². The molecular weight excluding hydrogens is 268 g/mol. The molecule has 2 atom stereocenters. The van der Waals surface area contributed by atoms with E-state index in [0.717, 1.165) is 11.8 Å². The molecule has 0 spiro atoms. The topological polar surface area (TPSA) is 100 Å². The molecule has 2 unspecified atom stereocenters. The maximum Gasteiger partial charge on any atom is 0.324 e. The van der Waals surface area contributed by atoms with Gasteiger partial charge in [0, 0.05) is 11.4 Å². The molecule has 0 bridgehead atoms. The molecule has 108 valence electrons. The summed E-state index contributed by atoms with van der Waals surface area (Å²) in [5.41, 5.74) is 0.165. The van der Waals surface area contributed by atoms with E-state index in [2.05, 4.69) is 0 Å². The highest BCUT2D eigenvalue weighted by Crippen LogP contribution is 2.22. The van der Waals surface area contributed by atoms with Crippen molar-refractivity contribution in [3.05, 3.63) is 0 Å². The number of hydrogen-bond donors (Lipinski definition) is 2. The van der Waals surface area contributed by atoms with E-state index in [1.807, 2.05) is 0 Å². The summed E-state index contributed by atoms with van der Waals surface area (Å²) < 4.78 is 9.72. The summed E-state index contributed by atoms with van der Waals surface area (Å²) in [7, 11) is 0. The van der Waals surface area contributed by atoms with Gasteiger partial charge in [-0.3, -0.25) is 9.59 Å². The molecule has 0 saturated heterocycles. The SMILES string of the molecule is CCOC(=O)C(SC(C(C)=N)C(=O)OCC)C(C)=N. The molecule has 0 aromatic carbocycles. The van der Waals surface area contributed by atoms with Crippen molar-refractivity contribution in [1.82, 2.24) is 0 Å². The van der Waals surface area contributed by atoms with Gasteiger partial charge < -0.3 is 20.3 Å². The normalized spacial score (nSPS) is 13.3. The number of carbonyl (C=O) groups excluding carboxylic acids is 2. The fourth-order valence-electron chi connectivity index (χ4n) is 1.24. The van der Waals surface area contributed by atoms with Gasteiger partial charge in [-0.05, 0) is 27.7 Å². The number of thioether (sulfide) groups is 1. The second-order valence-corrected chi connectivity index (χ2v) is 4.98. The Labute approximate surface area is 117 Å². The molecule has 0 rings (SSSR count). The Bertz CT molecular complexity index is 337. The van der Waals surface area contributed by atoms with Crippen LogP contribution < -0.4 is 0 Å². The van der Waals surface area contributed by atoms with Gasteiger partial charge in [-0.25, -0.2) is 0 Å². The third-order valence-corrected chi connectivity index (χ3v) is 3.70. The molecule has 7 heteroatoms. The van der Waals surface area contributed by atoms with Crippen molar-refractivity contribution in [2.24, 2.45) is 0 Å². The van der Waals surface area contributed by atoms with Gasteiger partial charge in [-0.2, -0.15) is 0 Å². The van der Waals surface area contributed by atoms with Gasteiger partial charge in [0.2, 0.25) is 0 Å². The Hall–Kier alpha value is -1.37. The number of hydrogen-bond acceptors (Lipinski definition) is 7. The van der Waals surface area contributed by atoms with Gasteiger partial charge in [0.05, 0.1) is 13.2 Å². The average Bonchev–Trinajstić information content (AvgIpc) is 2.29. The standard InChI is InChI=1S/C12H20N2O4S/c1-5-17-11(15)9(7(3)13)19-10(8(4)14)12(16)18-6-2/h9-10,13-14H,5-6H2,1-4H3. The van der Waals surface area contributed by atoms with Crippen LogP contribution in [0.4, 0.5) is 0 Å². The molecule has 0 fully saturated rings. The van der Waals surface area contributed by atoms with E-state index >= 15 is 0 Å². The highest BCUT2D eigenvalue weighted by Gasteiger charge is 2.32. The van der Waals surface area contributed by atoms with Crippen LogP contribution in [0.1, 0.15) is 27.7 Å². The van der Waals surface area contributed by atoms with Crippen molar-refractivity contribution < 1.29 is 19.1 Å². The van der Waals surface area contributed by atoms with Gasteiger partial charge in [0.1, 0.15) is 10.5 Å².